The Morgan fingerprint density at radius 1 is 1.24 bits per heavy atom. The van der Waals surface area contributed by atoms with Crippen LogP contribution in [0.5, 0.6) is 0 Å². The van der Waals surface area contributed by atoms with E-state index in [4.69, 9.17) is 23.8 Å². The molecule has 3 rings (SSSR count). The number of halogens is 1. The van der Waals surface area contributed by atoms with Gasteiger partial charge in [-0.05, 0) is 0 Å². The van der Waals surface area contributed by atoms with E-state index in [0.29, 0.717) is 11.0 Å². The van der Waals surface area contributed by atoms with E-state index in [2.05, 4.69) is 9.97 Å². The van der Waals surface area contributed by atoms with E-state index in [-0.39, 0.29) is 14.7 Å². The van der Waals surface area contributed by atoms with Gasteiger partial charge < -0.3 is 0 Å². The molecule has 84 valence electrons. The van der Waals surface area contributed by atoms with Crippen molar-refractivity contribution in [2.45, 2.75) is 0 Å². The molecule has 3 nitrogen and oxygen atoms in total. The Balaban J connectivity index is 2.33. The third-order valence-corrected chi connectivity index (χ3v) is 5.45. The Kier molecular flexibility index (Phi) is 2.84. The van der Waals surface area contributed by atoms with Crippen LogP contribution >= 0.6 is 23.8 Å². The van der Waals surface area contributed by atoms with Crippen molar-refractivity contribution in [3.05, 3.63) is 46.3 Å². The molecule has 0 atom stereocenters. The van der Waals surface area contributed by atoms with Crippen molar-refractivity contribution >= 4 is 48.2 Å². The van der Waals surface area contributed by atoms with Gasteiger partial charge in [-0.2, -0.15) is 0 Å². The van der Waals surface area contributed by atoms with Crippen LogP contribution in [0.4, 0.5) is 0 Å². The maximum absolute atomic E-state index is 5.98. The van der Waals surface area contributed by atoms with Gasteiger partial charge in [0.25, 0.3) is 0 Å². The maximum atomic E-state index is 5.98. The predicted molar refractivity (Wildman–Crippen MR) is 71.6 cm³/mol. The summed E-state index contributed by atoms with van der Waals surface area (Å²) < 4.78 is 3.96. The topological polar surface area (TPSA) is 30.7 Å². The van der Waals surface area contributed by atoms with Crippen molar-refractivity contribution in [3.8, 4) is 5.95 Å². The number of hydrogen-bond donors (Lipinski definition) is 0. The molecule has 1 aromatic carbocycles. The summed E-state index contributed by atoms with van der Waals surface area (Å²) in [7, 11) is 0. The number of hydrogen-bond acceptors (Lipinski definition) is 3. The molecule has 17 heavy (non-hydrogen) atoms. The van der Waals surface area contributed by atoms with Gasteiger partial charge in [0.05, 0.1) is 0 Å². The van der Waals surface area contributed by atoms with Gasteiger partial charge in [0.2, 0.25) is 0 Å². The first-order valence-corrected chi connectivity index (χ1v) is 7.25. The standard InChI is InChI=1S/C11H6ClN3SSe/c12-7-2-3-9-8(6-7)10(16)15(17-9)11-13-4-1-5-14-11/h1-6H. The molecule has 0 aliphatic carbocycles. The van der Waals surface area contributed by atoms with Crippen LogP contribution in [0.2, 0.25) is 5.02 Å². The number of rotatable bonds is 1. The van der Waals surface area contributed by atoms with Crippen LogP contribution in [0, 0.1) is 4.64 Å². The normalized spacial score (nSPS) is 10.9. The fraction of sp³-hybridized carbons (Fsp3) is 0. The van der Waals surface area contributed by atoms with Crippen LogP contribution in [-0.4, -0.2) is 28.3 Å². The summed E-state index contributed by atoms with van der Waals surface area (Å²) in [5.41, 5.74) is 0. The van der Waals surface area contributed by atoms with Gasteiger partial charge in [0.1, 0.15) is 0 Å². The van der Waals surface area contributed by atoms with E-state index in [1.807, 2.05) is 21.8 Å². The van der Waals surface area contributed by atoms with Crippen molar-refractivity contribution in [1.82, 2.24) is 13.5 Å². The zero-order valence-corrected chi connectivity index (χ0v) is 11.8. The summed E-state index contributed by atoms with van der Waals surface area (Å²) in [4.78, 5) is 8.45. The Labute approximate surface area is 114 Å². The van der Waals surface area contributed by atoms with Crippen molar-refractivity contribution in [3.63, 3.8) is 0 Å². The molecule has 0 radical (unpaired) electrons. The summed E-state index contributed by atoms with van der Waals surface area (Å²) in [6, 6.07) is 7.61. The predicted octanol–water partition coefficient (Wildman–Crippen LogP) is 2.86. The third kappa shape index (κ3) is 1.96. The second-order valence-electron chi connectivity index (χ2n) is 3.38. The Morgan fingerprint density at radius 2 is 2.00 bits per heavy atom. The molecular formula is C11H6ClN3SSe. The van der Waals surface area contributed by atoms with Gasteiger partial charge in [-0.1, -0.05) is 0 Å². The van der Waals surface area contributed by atoms with E-state index in [1.165, 1.54) is 4.26 Å². The first-order chi connectivity index (χ1) is 8.25. The first-order valence-electron chi connectivity index (χ1n) is 4.85. The minimum atomic E-state index is 0.0956. The fourth-order valence-electron chi connectivity index (χ4n) is 1.53. The molecule has 0 unspecified atom stereocenters. The number of benzene rings is 1. The molecule has 0 amide bonds. The molecule has 0 N–H and O–H groups in total. The molecule has 0 bridgehead atoms. The Hall–Kier alpha value is -1.00. The van der Waals surface area contributed by atoms with Gasteiger partial charge in [-0.25, -0.2) is 0 Å². The monoisotopic (exact) mass is 327 g/mol. The summed E-state index contributed by atoms with van der Waals surface area (Å²) in [5.74, 6) is 0.657. The van der Waals surface area contributed by atoms with E-state index in [1.54, 1.807) is 18.5 Å². The quantitative estimate of drug-likeness (QED) is 0.509. The van der Waals surface area contributed by atoms with Crippen LogP contribution in [0.15, 0.2) is 36.7 Å². The molecular weight excluding hydrogens is 321 g/mol. The SMILES string of the molecule is S=c1c2cc(Cl)ccc2[se]n1-c1ncccn1. The van der Waals surface area contributed by atoms with Gasteiger partial charge in [0.15, 0.2) is 0 Å². The van der Waals surface area contributed by atoms with Crippen LogP contribution in [0.1, 0.15) is 0 Å². The number of aromatic nitrogens is 3. The molecule has 0 aliphatic rings. The minimum absolute atomic E-state index is 0.0956. The van der Waals surface area contributed by atoms with Crippen molar-refractivity contribution in [1.29, 1.82) is 0 Å². The van der Waals surface area contributed by atoms with Crippen LogP contribution in [-0.2, 0) is 0 Å². The van der Waals surface area contributed by atoms with Crippen molar-refractivity contribution in [2.24, 2.45) is 0 Å². The molecule has 0 saturated carbocycles. The second kappa shape index (κ2) is 4.35. The van der Waals surface area contributed by atoms with Gasteiger partial charge >= 0.3 is 114 Å². The van der Waals surface area contributed by atoms with Crippen LogP contribution in [0.3, 0.4) is 0 Å². The molecule has 0 fully saturated rings. The molecule has 2 heterocycles. The zero-order chi connectivity index (χ0) is 11.8. The van der Waals surface area contributed by atoms with E-state index >= 15 is 0 Å². The van der Waals surface area contributed by atoms with E-state index < -0.39 is 0 Å². The average Bonchev–Trinajstić information content (AvgIpc) is 2.68. The molecule has 6 heteroatoms. The number of nitrogens with zero attached hydrogens (tertiary/aromatic N) is 3. The molecule has 0 saturated heterocycles. The second-order valence-corrected chi connectivity index (χ2v) is 6.28. The van der Waals surface area contributed by atoms with E-state index in [0.717, 1.165) is 10.0 Å². The molecule has 2 aromatic heterocycles. The zero-order valence-electron chi connectivity index (χ0n) is 8.50. The van der Waals surface area contributed by atoms with Crippen LogP contribution < -0.4 is 0 Å². The summed E-state index contributed by atoms with van der Waals surface area (Å²) in [6.45, 7) is 0. The van der Waals surface area contributed by atoms with Crippen LogP contribution in [0.25, 0.3) is 15.6 Å². The summed E-state index contributed by atoms with van der Waals surface area (Å²) >= 11 is 11.5. The van der Waals surface area contributed by atoms with Gasteiger partial charge in [-0.15, -0.1) is 0 Å². The first kappa shape index (κ1) is 11.1. The van der Waals surface area contributed by atoms with Gasteiger partial charge in [0, 0.05) is 0 Å². The number of fused-ring (bicyclic) bond motifs is 1. The van der Waals surface area contributed by atoms with Crippen molar-refractivity contribution in [2.75, 3.05) is 0 Å². The van der Waals surface area contributed by atoms with Gasteiger partial charge in [-0.3, -0.25) is 0 Å². The Morgan fingerprint density at radius 3 is 2.76 bits per heavy atom. The Bertz CT molecular complexity index is 735. The molecule has 0 aliphatic heterocycles. The summed E-state index contributed by atoms with van der Waals surface area (Å²) in [5, 5.41) is 1.73. The molecule has 3 aromatic rings. The molecule has 0 spiro atoms. The fourth-order valence-corrected chi connectivity index (χ4v) is 4.25. The summed E-state index contributed by atoms with van der Waals surface area (Å²) in [6.07, 6.45) is 3.44. The van der Waals surface area contributed by atoms with Crippen molar-refractivity contribution < 1.29 is 0 Å². The average molecular weight is 327 g/mol. The van der Waals surface area contributed by atoms with E-state index in [9.17, 15) is 0 Å². The third-order valence-electron chi connectivity index (χ3n) is 2.28.